The first-order valence-corrected chi connectivity index (χ1v) is 11.5. The molecule has 0 aromatic heterocycles. The Hall–Kier alpha value is -3.32. The van der Waals surface area contributed by atoms with Gasteiger partial charge in [-0.25, -0.2) is 9.63 Å². The van der Waals surface area contributed by atoms with Crippen LogP contribution in [-0.2, 0) is 14.4 Å². The molecule has 1 aliphatic rings. The van der Waals surface area contributed by atoms with Gasteiger partial charge >= 0.3 is 11.8 Å². The van der Waals surface area contributed by atoms with Gasteiger partial charge in [0.05, 0.1) is 23.9 Å². The van der Waals surface area contributed by atoms with Gasteiger partial charge in [-0.05, 0) is 38.1 Å². The largest absolute Gasteiger partial charge is 0.379 e. The van der Waals surface area contributed by atoms with E-state index in [1.807, 2.05) is 38.1 Å². The number of morpholine rings is 1. The minimum Gasteiger partial charge on any atom is -0.379 e. The maximum absolute atomic E-state index is 13.1. The predicted octanol–water partition coefficient (Wildman–Crippen LogP) is 4.11. The molecule has 0 atom stereocenters. The lowest BCUT2D eigenvalue weighted by atomic mass is 9.91. The van der Waals surface area contributed by atoms with Crippen molar-refractivity contribution >= 4 is 35.1 Å². The van der Waals surface area contributed by atoms with Crippen LogP contribution in [0.15, 0.2) is 63.5 Å². The Balaban J connectivity index is 1.66. The third kappa shape index (κ3) is 6.17. The summed E-state index contributed by atoms with van der Waals surface area (Å²) in [6, 6.07) is 14.1. The van der Waals surface area contributed by atoms with Crippen LogP contribution in [0.4, 0.5) is 0 Å². The van der Waals surface area contributed by atoms with Gasteiger partial charge < -0.3 is 14.4 Å². The summed E-state index contributed by atoms with van der Waals surface area (Å²) in [4.78, 5) is 47.7. The average Bonchev–Trinajstić information content (AvgIpc) is 2.85. The van der Waals surface area contributed by atoms with Crippen LogP contribution in [0.2, 0.25) is 0 Å². The average molecular weight is 480 g/mol. The van der Waals surface area contributed by atoms with Crippen LogP contribution >= 0.6 is 11.8 Å². The first-order chi connectivity index (χ1) is 16.2. The normalized spacial score (nSPS) is 14.8. The van der Waals surface area contributed by atoms with Crippen molar-refractivity contribution in [3.63, 3.8) is 0 Å². The summed E-state index contributed by atoms with van der Waals surface area (Å²) in [5, 5.41) is 3.30. The molecular weight excluding hydrogens is 454 g/mol. The molecule has 8 nitrogen and oxygen atoms in total. The number of benzene rings is 2. The standard InChI is InChI=1S/C25H25N3O5S/c1-17(29)33-27-24(26-4)22(30)18-5-9-20(10-6-18)34-21-11-7-19(8-12-21)23(31)25(2,3)28-13-15-32-16-14-28/h5-12H,13-16H2,1-3H3/b27-24-. The van der Waals surface area contributed by atoms with Crippen molar-refractivity contribution in [3.05, 3.63) is 71.1 Å². The van der Waals surface area contributed by atoms with Gasteiger partial charge in [0.15, 0.2) is 5.78 Å². The number of Topliss-reactive ketones (excluding diaryl/α,β-unsaturated/α-hetero) is 2. The number of carbonyl (C=O) groups is 3. The number of amidine groups is 1. The van der Waals surface area contributed by atoms with E-state index in [0.29, 0.717) is 18.8 Å². The van der Waals surface area contributed by atoms with Gasteiger partial charge in [0.25, 0.3) is 0 Å². The number of nitrogens with zero attached hydrogens (tertiary/aromatic N) is 3. The fourth-order valence-electron chi connectivity index (χ4n) is 3.45. The minimum atomic E-state index is -0.710. The quantitative estimate of drug-likeness (QED) is 0.141. The zero-order valence-corrected chi connectivity index (χ0v) is 20.1. The van der Waals surface area contributed by atoms with Crippen LogP contribution in [-0.4, -0.2) is 60.1 Å². The number of carbonyl (C=O) groups excluding carboxylic acids is 3. The number of ether oxygens (including phenoxy) is 1. The number of hydrogen-bond acceptors (Lipinski definition) is 8. The van der Waals surface area contributed by atoms with Crippen molar-refractivity contribution in [1.82, 2.24) is 4.90 Å². The highest BCUT2D eigenvalue weighted by Crippen LogP contribution is 2.29. The van der Waals surface area contributed by atoms with Crippen LogP contribution in [0.5, 0.6) is 0 Å². The fourth-order valence-corrected chi connectivity index (χ4v) is 4.27. The second-order valence-corrected chi connectivity index (χ2v) is 9.22. The summed E-state index contributed by atoms with van der Waals surface area (Å²) in [6.45, 7) is 14.8. The third-order valence-electron chi connectivity index (χ3n) is 5.40. The molecule has 1 heterocycles. The number of oxime groups is 1. The maximum atomic E-state index is 13.1. The third-order valence-corrected chi connectivity index (χ3v) is 6.41. The molecule has 0 amide bonds. The summed E-state index contributed by atoms with van der Waals surface area (Å²) < 4.78 is 5.40. The summed E-state index contributed by atoms with van der Waals surface area (Å²) >= 11 is 1.48. The summed E-state index contributed by atoms with van der Waals surface area (Å²) in [5.41, 5.74) is 0.307. The lowest BCUT2D eigenvalue weighted by molar-refractivity contribution is -0.140. The summed E-state index contributed by atoms with van der Waals surface area (Å²) in [5.74, 6) is -1.78. The Bertz CT molecular complexity index is 1130. The van der Waals surface area contributed by atoms with E-state index in [0.717, 1.165) is 29.8 Å². The van der Waals surface area contributed by atoms with Crippen molar-refractivity contribution in [1.29, 1.82) is 0 Å². The van der Waals surface area contributed by atoms with Crippen molar-refractivity contribution in [2.45, 2.75) is 36.1 Å². The van der Waals surface area contributed by atoms with Crippen molar-refractivity contribution in [2.24, 2.45) is 5.16 Å². The molecule has 1 saturated heterocycles. The molecule has 34 heavy (non-hydrogen) atoms. The van der Waals surface area contributed by atoms with Gasteiger partial charge in [-0.2, -0.15) is 0 Å². The van der Waals surface area contributed by atoms with E-state index >= 15 is 0 Å². The summed E-state index contributed by atoms with van der Waals surface area (Å²) in [6.07, 6.45) is 0. The van der Waals surface area contributed by atoms with Crippen LogP contribution in [0.25, 0.3) is 4.85 Å². The highest BCUT2D eigenvalue weighted by Gasteiger charge is 2.35. The Labute approximate surface area is 202 Å². The van der Waals surface area contributed by atoms with Gasteiger partial charge in [0, 0.05) is 40.9 Å². The van der Waals surface area contributed by atoms with Gasteiger partial charge in [0.2, 0.25) is 5.78 Å². The lowest BCUT2D eigenvalue weighted by Crippen LogP contribution is -2.54. The SMILES string of the molecule is [C-]#[N+]/C(=N\OC(C)=O)C(=O)c1ccc(Sc2ccc(C(=O)C(C)(C)N3CCOCC3)cc2)cc1. The lowest BCUT2D eigenvalue weighted by Gasteiger charge is -2.39. The van der Waals surface area contributed by atoms with Crippen LogP contribution in [0.3, 0.4) is 0 Å². The molecule has 0 saturated carbocycles. The highest BCUT2D eigenvalue weighted by molar-refractivity contribution is 7.99. The van der Waals surface area contributed by atoms with Gasteiger partial charge in [-0.15, -0.1) is 0 Å². The molecule has 176 valence electrons. The molecule has 0 radical (unpaired) electrons. The molecule has 9 heteroatoms. The van der Waals surface area contributed by atoms with Crippen LogP contribution in [0, 0.1) is 6.57 Å². The molecule has 1 fully saturated rings. The minimum absolute atomic E-state index is 0.0693. The summed E-state index contributed by atoms with van der Waals surface area (Å²) in [7, 11) is 0. The monoisotopic (exact) mass is 479 g/mol. The molecule has 0 unspecified atom stereocenters. The number of ketones is 2. The Kier molecular flexibility index (Phi) is 8.34. The van der Waals surface area contributed by atoms with Crippen molar-refractivity contribution < 1.29 is 24.0 Å². The topological polar surface area (TPSA) is 89.6 Å². The van der Waals surface area contributed by atoms with Gasteiger partial charge in [-0.1, -0.05) is 42.6 Å². The van der Waals surface area contributed by atoms with E-state index in [1.165, 1.54) is 11.8 Å². The molecule has 1 aliphatic heterocycles. The van der Waals surface area contributed by atoms with E-state index < -0.39 is 23.1 Å². The molecule has 2 aromatic carbocycles. The van der Waals surface area contributed by atoms with E-state index in [2.05, 4.69) is 19.7 Å². The molecule has 0 aliphatic carbocycles. The Morgan fingerprint density at radius 3 is 2.03 bits per heavy atom. The second kappa shape index (κ2) is 11.2. The van der Waals surface area contributed by atoms with Crippen LogP contribution in [0.1, 0.15) is 41.5 Å². The molecule has 3 rings (SSSR count). The zero-order valence-electron chi connectivity index (χ0n) is 19.2. The predicted molar refractivity (Wildman–Crippen MR) is 128 cm³/mol. The first-order valence-electron chi connectivity index (χ1n) is 10.7. The smallest absolute Gasteiger partial charge is 0.363 e. The number of hydrogen-bond donors (Lipinski definition) is 0. The maximum Gasteiger partial charge on any atom is 0.363 e. The number of rotatable bonds is 8. The zero-order chi connectivity index (χ0) is 24.7. The van der Waals surface area contributed by atoms with Crippen molar-refractivity contribution in [3.8, 4) is 0 Å². The van der Waals surface area contributed by atoms with E-state index in [-0.39, 0.29) is 11.3 Å². The first kappa shape index (κ1) is 25.3. The van der Waals surface area contributed by atoms with Crippen LogP contribution < -0.4 is 0 Å². The highest BCUT2D eigenvalue weighted by atomic mass is 32.2. The molecule has 2 aromatic rings. The second-order valence-electron chi connectivity index (χ2n) is 8.08. The van der Waals surface area contributed by atoms with Crippen molar-refractivity contribution in [2.75, 3.05) is 26.3 Å². The Morgan fingerprint density at radius 1 is 1.00 bits per heavy atom. The van der Waals surface area contributed by atoms with E-state index in [1.54, 1.807) is 24.3 Å². The van der Waals surface area contributed by atoms with E-state index in [9.17, 15) is 14.4 Å². The molecular formula is C25H25N3O5S. The van der Waals surface area contributed by atoms with E-state index in [4.69, 9.17) is 11.3 Å². The fraction of sp³-hybridized carbons (Fsp3) is 0.320. The molecule has 0 bridgehead atoms. The van der Waals surface area contributed by atoms with Gasteiger partial charge in [-0.3, -0.25) is 9.69 Å². The molecule has 0 spiro atoms. The molecule has 0 N–H and O–H groups in total. The van der Waals surface area contributed by atoms with Gasteiger partial charge in [0.1, 0.15) is 0 Å². The Morgan fingerprint density at radius 2 is 1.53 bits per heavy atom.